The van der Waals surface area contributed by atoms with Gasteiger partial charge in [0.2, 0.25) is 0 Å². The Bertz CT molecular complexity index is 1870. The van der Waals surface area contributed by atoms with Crippen molar-refractivity contribution in [2.24, 2.45) is 4.99 Å². The highest BCUT2D eigenvalue weighted by Gasteiger charge is 2.35. The predicted octanol–water partition coefficient (Wildman–Crippen LogP) is 3.88. The van der Waals surface area contributed by atoms with E-state index >= 15 is 0 Å². The Hall–Kier alpha value is -4.96. The first kappa shape index (κ1) is 28.6. The number of nitrogens with zero attached hydrogens (tertiary/aromatic N) is 2. The highest BCUT2D eigenvalue weighted by atomic mass is 32.1. The van der Waals surface area contributed by atoms with Gasteiger partial charge in [-0.25, -0.2) is 9.79 Å². The number of hydrogen-bond donors (Lipinski definition) is 0. The minimum absolute atomic E-state index is 0.158. The molecule has 1 aliphatic heterocycles. The summed E-state index contributed by atoms with van der Waals surface area (Å²) in [6.07, 6.45) is 1.71. The largest absolute Gasteiger partial charge is 0.497 e. The molecule has 0 radical (unpaired) electrons. The van der Waals surface area contributed by atoms with Crippen molar-refractivity contribution in [3.05, 3.63) is 115 Å². The molecule has 4 aromatic rings. The monoisotopic (exact) mass is 584 g/mol. The number of rotatable bonds is 8. The number of carbonyl (C=O) groups is 2. The maximum absolute atomic E-state index is 14.1. The molecule has 1 aromatic heterocycles. The standard InChI is InChI=1S/C32H28N2O7S/c1-5-40-31(37)27-28(21-10-7-6-8-11-21)33-32-34(29(27)22-12-9-13-23(18-22)38-3)30(36)26(42-32)17-20-14-15-24(41-19(2)35)25(16-20)39-4/h6-18,29H,5H2,1-4H3/b26-17-/t29-/m0/s1. The van der Waals surface area contributed by atoms with E-state index in [1.54, 1.807) is 50.4 Å². The topological polar surface area (TPSA) is 105 Å². The summed E-state index contributed by atoms with van der Waals surface area (Å²) in [6.45, 7) is 3.20. The maximum atomic E-state index is 14.1. The third-order valence-corrected chi connectivity index (χ3v) is 7.51. The van der Waals surface area contributed by atoms with E-state index in [4.69, 9.17) is 23.9 Å². The van der Waals surface area contributed by atoms with Crippen LogP contribution in [0.4, 0.5) is 0 Å². The normalized spacial score (nSPS) is 14.6. The molecular formula is C32H28N2O7S. The summed E-state index contributed by atoms with van der Waals surface area (Å²) >= 11 is 1.20. The fourth-order valence-electron chi connectivity index (χ4n) is 4.73. The van der Waals surface area contributed by atoms with Gasteiger partial charge in [0, 0.05) is 12.5 Å². The minimum atomic E-state index is -0.825. The fraction of sp³-hybridized carbons (Fsp3) is 0.188. The van der Waals surface area contributed by atoms with E-state index in [0.717, 1.165) is 5.56 Å². The summed E-state index contributed by atoms with van der Waals surface area (Å²) < 4.78 is 23.5. The molecular weight excluding hydrogens is 556 g/mol. The number of thiazole rings is 1. The number of hydrogen-bond acceptors (Lipinski definition) is 9. The zero-order valence-electron chi connectivity index (χ0n) is 23.5. The molecule has 0 saturated heterocycles. The van der Waals surface area contributed by atoms with E-state index in [2.05, 4.69) is 0 Å². The van der Waals surface area contributed by atoms with E-state index in [1.165, 1.54) is 29.9 Å². The first-order chi connectivity index (χ1) is 20.3. The summed E-state index contributed by atoms with van der Waals surface area (Å²) in [5.74, 6) is 0.160. The lowest BCUT2D eigenvalue weighted by atomic mass is 9.93. The first-order valence-corrected chi connectivity index (χ1v) is 13.9. The minimum Gasteiger partial charge on any atom is -0.497 e. The molecule has 0 unspecified atom stereocenters. The Kier molecular flexibility index (Phi) is 8.35. The summed E-state index contributed by atoms with van der Waals surface area (Å²) in [4.78, 5) is 44.4. The fourth-order valence-corrected chi connectivity index (χ4v) is 5.73. The molecule has 214 valence electrons. The molecule has 0 saturated carbocycles. The van der Waals surface area contributed by atoms with Gasteiger partial charge in [-0.2, -0.15) is 0 Å². The Morgan fingerprint density at radius 3 is 2.45 bits per heavy atom. The number of ether oxygens (including phenoxy) is 4. The molecule has 2 heterocycles. The van der Waals surface area contributed by atoms with Crippen LogP contribution in [0, 0.1) is 0 Å². The van der Waals surface area contributed by atoms with Crippen molar-refractivity contribution in [2.45, 2.75) is 19.9 Å². The third-order valence-electron chi connectivity index (χ3n) is 6.52. The lowest BCUT2D eigenvalue weighted by Crippen LogP contribution is -2.40. The number of benzene rings is 3. The van der Waals surface area contributed by atoms with Gasteiger partial charge in [-0.15, -0.1) is 0 Å². The number of carbonyl (C=O) groups excluding carboxylic acids is 2. The molecule has 0 aliphatic carbocycles. The van der Waals surface area contributed by atoms with Crippen LogP contribution >= 0.6 is 11.3 Å². The van der Waals surface area contributed by atoms with Gasteiger partial charge in [0.05, 0.1) is 42.7 Å². The predicted molar refractivity (Wildman–Crippen MR) is 158 cm³/mol. The van der Waals surface area contributed by atoms with Crippen molar-refractivity contribution in [1.82, 2.24) is 4.57 Å². The van der Waals surface area contributed by atoms with Gasteiger partial charge in [-0.05, 0) is 48.4 Å². The van der Waals surface area contributed by atoms with Gasteiger partial charge >= 0.3 is 11.9 Å². The zero-order chi connectivity index (χ0) is 29.8. The average Bonchev–Trinajstić information content (AvgIpc) is 3.31. The van der Waals surface area contributed by atoms with Crippen LogP contribution in [-0.2, 0) is 14.3 Å². The molecule has 42 heavy (non-hydrogen) atoms. The Morgan fingerprint density at radius 1 is 0.976 bits per heavy atom. The molecule has 0 bridgehead atoms. The third kappa shape index (κ3) is 5.61. The van der Waals surface area contributed by atoms with Gasteiger partial charge in [-0.3, -0.25) is 14.2 Å². The van der Waals surface area contributed by atoms with E-state index in [0.29, 0.717) is 37.7 Å². The van der Waals surface area contributed by atoms with E-state index < -0.39 is 18.0 Å². The SMILES string of the molecule is CCOC(=O)C1=C(c2ccccc2)N=c2s/c(=C\c3ccc(OC(C)=O)c(OC)c3)c(=O)n2[C@H]1c1cccc(OC)c1. The summed E-state index contributed by atoms with van der Waals surface area (Å²) in [7, 11) is 3.03. The van der Waals surface area contributed by atoms with Crippen molar-refractivity contribution in [3.8, 4) is 17.2 Å². The molecule has 1 atom stereocenters. The van der Waals surface area contributed by atoms with Gasteiger partial charge < -0.3 is 18.9 Å². The van der Waals surface area contributed by atoms with E-state index in [1.807, 2.05) is 42.5 Å². The van der Waals surface area contributed by atoms with Crippen LogP contribution in [0.2, 0.25) is 0 Å². The van der Waals surface area contributed by atoms with Crippen molar-refractivity contribution < 1.29 is 28.5 Å². The highest BCUT2D eigenvalue weighted by molar-refractivity contribution is 7.07. The lowest BCUT2D eigenvalue weighted by Gasteiger charge is -2.26. The molecule has 0 N–H and O–H groups in total. The Labute approximate surface area is 245 Å². The smallest absolute Gasteiger partial charge is 0.338 e. The van der Waals surface area contributed by atoms with Crippen molar-refractivity contribution >= 4 is 35.0 Å². The molecule has 0 amide bonds. The van der Waals surface area contributed by atoms with Gasteiger partial charge in [0.25, 0.3) is 5.56 Å². The van der Waals surface area contributed by atoms with Crippen LogP contribution in [0.1, 0.15) is 36.6 Å². The Morgan fingerprint density at radius 2 is 1.76 bits per heavy atom. The molecule has 1 aliphatic rings. The van der Waals surface area contributed by atoms with E-state index in [9.17, 15) is 14.4 Å². The highest BCUT2D eigenvalue weighted by Crippen LogP contribution is 2.36. The van der Waals surface area contributed by atoms with Crippen LogP contribution in [-0.4, -0.2) is 37.3 Å². The maximum Gasteiger partial charge on any atom is 0.338 e. The van der Waals surface area contributed by atoms with Crippen molar-refractivity contribution in [1.29, 1.82) is 0 Å². The zero-order valence-corrected chi connectivity index (χ0v) is 24.3. The van der Waals surface area contributed by atoms with Crippen LogP contribution in [0.3, 0.4) is 0 Å². The number of aromatic nitrogens is 1. The average molecular weight is 585 g/mol. The van der Waals surface area contributed by atoms with Gasteiger partial charge in [0.1, 0.15) is 5.75 Å². The van der Waals surface area contributed by atoms with Gasteiger partial charge in [0.15, 0.2) is 16.3 Å². The van der Waals surface area contributed by atoms with E-state index in [-0.39, 0.29) is 23.5 Å². The second-order valence-corrected chi connectivity index (χ2v) is 10.2. The van der Waals surface area contributed by atoms with Crippen LogP contribution in [0.25, 0.3) is 11.8 Å². The number of esters is 2. The van der Waals surface area contributed by atoms with Crippen molar-refractivity contribution in [2.75, 3.05) is 20.8 Å². The van der Waals surface area contributed by atoms with Crippen molar-refractivity contribution in [3.63, 3.8) is 0 Å². The second-order valence-electron chi connectivity index (χ2n) is 9.21. The second kappa shape index (κ2) is 12.3. The lowest BCUT2D eigenvalue weighted by molar-refractivity contribution is -0.139. The van der Waals surface area contributed by atoms with Gasteiger partial charge in [-0.1, -0.05) is 59.9 Å². The Balaban J connectivity index is 1.77. The molecule has 5 rings (SSSR count). The van der Waals surface area contributed by atoms with Crippen LogP contribution in [0.5, 0.6) is 17.2 Å². The number of fused-ring (bicyclic) bond motifs is 1. The van der Waals surface area contributed by atoms with Crippen LogP contribution < -0.4 is 29.1 Å². The summed E-state index contributed by atoms with van der Waals surface area (Å²) in [5.41, 5.74) is 2.39. The van der Waals surface area contributed by atoms with Crippen LogP contribution in [0.15, 0.2) is 88.2 Å². The molecule has 0 spiro atoms. The first-order valence-electron chi connectivity index (χ1n) is 13.1. The summed E-state index contributed by atoms with van der Waals surface area (Å²) in [5, 5.41) is 0. The molecule has 9 nitrogen and oxygen atoms in total. The summed E-state index contributed by atoms with van der Waals surface area (Å²) in [6, 6.07) is 20.8. The number of methoxy groups -OCH3 is 2. The molecule has 3 aromatic carbocycles. The molecule has 0 fully saturated rings. The quantitative estimate of drug-likeness (QED) is 0.229. The molecule has 10 heteroatoms.